The van der Waals surface area contributed by atoms with Crippen molar-refractivity contribution >= 4 is 15.8 Å². The molecule has 1 aliphatic heterocycles. The fourth-order valence-corrected chi connectivity index (χ4v) is 3.54. The van der Waals surface area contributed by atoms with Gasteiger partial charge in [0.1, 0.15) is 0 Å². The number of benzene rings is 1. The van der Waals surface area contributed by atoms with Crippen LogP contribution in [-0.4, -0.2) is 70.3 Å². The van der Waals surface area contributed by atoms with Gasteiger partial charge < -0.3 is 9.64 Å². The second kappa shape index (κ2) is 6.65. The second-order valence-electron chi connectivity index (χ2n) is 5.20. The Labute approximate surface area is 125 Å². The molecule has 1 saturated heterocycles. The molecular formula is C14H20N2O4S. The molecule has 0 saturated carbocycles. The molecule has 1 fully saturated rings. The Morgan fingerprint density at radius 1 is 1.19 bits per heavy atom. The first-order valence-electron chi connectivity index (χ1n) is 6.77. The highest BCUT2D eigenvalue weighted by Crippen LogP contribution is 2.17. The Bertz CT molecular complexity index is 590. The van der Waals surface area contributed by atoms with Crippen LogP contribution in [0.4, 0.5) is 0 Å². The number of hydrogen-bond donors (Lipinski definition) is 0. The molecule has 1 aromatic carbocycles. The fourth-order valence-electron chi connectivity index (χ4n) is 2.13. The number of sulfonamides is 1. The summed E-state index contributed by atoms with van der Waals surface area (Å²) in [6, 6.07) is 6.12. The number of Topliss-reactive ketones (excluding diaryl/α,β-unsaturated/α-hetero) is 1. The van der Waals surface area contributed by atoms with E-state index in [1.54, 1.807) is 17.0 Å². The van der Waals surface area contributed by atoms with Crippen LogP contribution < -0.4 is 0 Å². The van der Waals surface area contributed by atoms with Crippen LogP contribution in [0.2, 0.25) is 0 Å². The van der Waals surface area contributed by atoms with Gasteiger partial charge in [-0.15, -0.1) is 0 Å². The van der Waals surface area contributed by atoms with Crippen LogP contribution in [0.15, 0.2) is 29.2 Å². The summed E-state index contributed by atoms with van der Waals surface area (Å²) in [7, 11) is 0.133. The standard InChI is InChI=1S/C14H20N2O4S/c1-15(2)11-14(17)12-3-5-13(6-4-12)21(18,19)16-7-9-20-10-8-16/h3-6H,7-11H2,1-2H3. The van der Waals surface area contributed by atoms with Gasteiger partial charge in [-0.25, -0.2) is 8.42 Å². The summed E-state index contributed by atoms with van der Waals surface area (Å²) in [5.41, 5.74) is 0.518. The van der Waals surface area contributed by atoms with Crippen molar-refractivity contribution in [3.63, 3.8) is 0 Å². The molecule has 0 unspecified atom stereocenters. The Balaban J connectivity index is 2.16. The van der Waals surface area contributed by atoms with E-state index in [-0.39, 0.29) is 10.7 Å². The Hall–Kier alpha value is -1.28. The first-order valence-corrected chi connectivity index (χ1v) is 8.21. The van der Waals surface area contributed by atoms with E-state index in [1.165, 1.54) is 16.4 Å². The van der Waals surface area contributed by atoms with Crippen molar-refractivity contribution < 1.29 is 17.9 Å². The van der Waals surface area contributed by atoms with Gasteiger partial charge in [0.15, 0.2) is 5.78 Å². The zero-order valence-corrected chi connectivity index (χ0v) is 13.1. The molecule has 1 aromatic rings. The van der Waals surface area contributed by atoms with Gasteiger partial charge in [0, 0.05) is 18.7 Å². The van der Waals surface area contributed by atoms with E-state index in [1.807, 2.05) is 14.1 Å². The van der Waals surface area contributed by atoms with Crippen LogP contribution in [-0.2, 0) is 14.8 Å². The number of likely N-dealkylation sites (N-methyl/N-ethyl adjacent to an activating group) is 1. The topological polar surface area (TPSA) is 66.9 Å². The lowest BCUT2D eigenvalue weighted by molar-refractivity contribution is 0.0730. The summed E-state index contributed by atoms with van der Waals surface area (Å²) in [4.78, 5) is 13.9. The van der Waals surface area contributed by atoms with E-state index in [0.29, 0.717) is 38.4 Å². The summed E-state index contributed by atoms with van der Waals surface area (Å²) >= 11 is 0. The van der Waals surface area contributed by atoms with Gasteiger partial charge in [-0.2, -0.15) is 4.31 Å². The van der Waals surface area contributed by atoms with Crippen molar-refractivity contribution in [2.75, 3.05) is 46.9 Å². The van der Waals surface area contributed by atoms with Gasteiger partial charge in [-0.05, 0) is 26.2 Å². The molecule has 0 atom stereocenters. The molecule has 116 valence electrons. The highest BCUT2D eigenvalue weighted by atomic mass is 32.2. The summed E-state index contributed by atoms with van der Waals surface area (Å²) < 4.78 is 31.4. The first kappa shape index (κ1) is 16.1. The monoisotopic (exact) mass is 312 g/mol. The molecule has 0 bridgehead atoms. The molecule has 0 aliphatic carbocycles. The molecule has 0 aromatic heterocycles. The van der Waals surface area contributed by atoms with Crippen LogP contribution in [0.5, 0.6) is 0 Å². The minimum absolute atomic E-state index is 0.0321. The van der Waals surface area contributed by atoms with Gasteiger partial charge in [-0.3, -0.25) is 4.79 Å². The minimum Gasteiger partial charge on any atom is -0.379 e. The summed E-state index contributed by atoms with van der Waals surface area (Å²) in [5.74, 6) is -0.0321. The van der Waals surface area contributed by atoms with Crippen LogP contribution >= 0.6 is 0 Å². The van der Waals surface area contributed by atoms with Crippen molar-refractivity contribution in [2.24, 2.45) is 0 Å². The third-order valence-corrected chi connectivity index (χ3v) is 5.16. The second-order valence-corrected chi connectivity index (χ2v) is 7.14. The Morgan fingerprint density at radius 3 is 2.29 bits per heavy atom. The molecule has 2 rings (SSSR count). The number of carbonyl (C=O) groups excluding carboxylic acids is 1. The third kappa shape index (κ3) is 3.88. The van der Waals surface area contributed by atoms with Crippen molar-refractivity contribution in [3.05, 3.63) is 29.8 Å². The predicted molar refractivity (Wildman–Crippen MR) is 78.9 cm³/mol. The van der Waals surface area contributed by atoms with E-state index < -0.39 is 10.0 Å². The molecule has 0 spiro atoms. The van der Waals surface area contributed by atoms with E-state index in [2.05, 4.69) is 0 Å². The summed E-state index contributed by atoms with van der Waals surface area (Å²) in [6.45, 7) is 1.86. The zero-order chi connectivity index (χ0) is 15.5. The van der Waals surface area contributed by atoms with Crippen molar-refractivity contribution in [2.45, 2.75) is 4.90 Å². The van der Waals surface area contributed by atoms with E-state index in [9.17, 15) is 13.2 Å². The highest BCUT2D eigenvalue weighted by molar-refractivity contribution is 7.89. The number of nitrogens with zero attached hydrogens (tertiary/aromatic N) is 2. The van der Waals surface area contributed by atoms with Gasteiger partial charge >= 0.3 is 0 Å². The molecule has 0 radical (unpaired) electrons. The lowest BCUT2D eigenvalue weighted by atomic mass is 10.1. The molecule has 0 N–H and O–H groups in total. The quantitative estimate of drug-likeness (QED) is 0.739. The molecule has 21 heavy (non-hydrogen) atoms. The lowest BCUT2D eigenvalue weighted by Crippen LogP contribution is -2.40. The minimum atomic E-state index is -3.50. The highest BCUT2D eigenvalue weighted by Gasteiger charge is 2.26. The van der Waals surface area contributed by atoms with Crippen molar-refractivity contribution in [1.29, 1.82) is 0 Å². The van der Waals surface area contributed by atoms with Crippen LogP contribution in [0.1, 0.15) is 10.4 Å². The summed E-state index contributed by atoms with van der Waals surface area (Å²) in [5, 5.41) is 0. The fraction of sp³-hybridized carbons (Fsp3) is 0.500. The molecule has 6 nitrogen and oxygen atoms in total. The van der Waals surface area contributed by atoms with E-state index in [4.69, 9.17) is 4.74 Å². The van der Waals surface area contributed by atoms with Crippen LogP contribution in [0, 0.1) is 0 Å². The average molecular weight is 312 g/mol. The lowest BCUT2D eigenvalue weighted by Gasteiger charge is -2.26. The number of rotatable bonds is 5. The maximum atomic E-state index is 12.4. The van der Waals surface area contributed by atoms with Crippen LogP contribution in [0.3, 0.4) is 0 Å². The molecular weight excluding hydrogens is 292 g/mol. The molecule has 1 heterocycles. The molecule has 0 amide bonds. The van der Waals surface area contributed by atoms with Crippen LogP contribution in [0.25, 0.3) is 0 Å². The van der Waals surface area contributed by atoms with E-state index >= 15 is 0 Å². The third-order valence-electron chi connectivity index (χ3n) is 3.24. The number of ether oxygens (including phenoxy) is 1. The van der Waals surface area contributed by atoms with Gasteiger partial charge in [-0.1, -0.05) is 12.1 Å². The van der Waals surface area contributed by atoms with E-state index in [0.717, 1.165) is 0 Å². The van der Waals surface area contributed by atoms with Gasteiger partial charge in [0.25, 0.3) is 0 Å². The zero-order valence-electron chi connectivity index (χ0n) is 12.3. The maximum Gasteiger partial charge on any atom is 0.243 e. The molecule has 7 heteroatoms. The SMILES string of the molecule is CN(C)CC(=O)c1ccc(S(=O)(=O)N2CCOCC2)cc1. The predicted octanol–water partition coefficient (Wildman–Crippen LogP) is 0.452. The number of hydrogen-bond acceptors (Lipinski definition) is 5. The Morgan fingerprint density at radius 2 is 1.76 bits per heavy atom. The number of morpholine rings is 1. The average Bonchev–Trinajstić information content (AvgIpc) is 2.47. The Kier molecular flexibility index (Phi) is 5.10. The maximum absolute atomic E-state index is 12.4. The van der Waals surface area contributed by atoms with Crippen molar-refractivity contribution in [1.82, 2.24) is 9.21 Å². The normalized spacial score (nSPS) is 17.1. The van der Waals surface area contributed by atoms with Gasteiger partial charge in [0.05, 0.1) is 24.7 Å². The summed E-state index contributed by atoms with van der Waals surface area (Å²) in [6.07, 6.45) is 0. The number of carbonyl (C=O) groups is 1. The largest absolute Gasteiger partial charge is 0.379 e. The van der Waals surface area contributed by atoms with Gasteiger partial charge in [0.2, 0.25) is 10.0 Å². The first-order chi connectivity index (χ1) is 9.91. The van der Waals surface area contributed by atoms with Crippen molar-refractivity contribution in [3.8, 4) is 0 Å². The molecule has 1 aliphatic rings. The smallest absolute Gasteiger partial charge is 0.243 e. The number of ketones is 1.